The number of carbonyl (C=O) groups is 1. The van der Waals surface area contributed by atoms with Crippen LogP contribution in [0, 0.1) is 13.8 Å². The van der Waals surface area contributed by atoms with E-state index in [1.165, 1.54) is 7.11 Å². The van der Waals surface area contributed by atoms with Gasteiger partial charge >= 0.3 is 0 Å². The number of hydrogen-bond donors (Lipinski definition) is 2. The van der Waals surface area contributed by atoms with Crippen LogP contribution in [0.2, 0.25) is 5.02 Å². The van der Waals surface area contributed by atoms with E-state index in [2.05, 4.69) is 15.6 Å². The topological polar surface area (TPSA) is 76.4 Å². The van der Waals surface area contributed by atoms with Crippen molar-refractivity contribution in [1.82, 2.24) is 10.3 Å². The Labute approximate surface area is 195 Å². The summed E-state index contributed by atoms with van der Waals surface area (Å²) in [5, 5.41) is 6.55. The fourth-order valence-corrected chi connectivity index (χ4v) is 3.71. The number of carbonyl (C=O) groups excluding carboxylic acids is 1. The Morgan fingerprint density at radius 1 is 1.09 bits per heavy atom. The molecule has 0 fully saturated rings. The van der Waals surface area contributed by atoms with Crippen molar-refractivity contribution in [2.75, 3.05) is 12.4 Å². The summed E-state index contributed by atoms with van der Waals surface area (Å²) in [6.45, 7) is 3.81. The number of anilines is 1. The summed E-state index contributed by atoms with van der Waals surface area (Å²) in [6.07, 6.45) is 0. The van der Waals surface area contributed by atoms with Crippen molar-refractivity contribution in [3.8, 4) is 17.2 Å². The van der Waals surface area contributed by atoms with Crippen LogP contribution in [-0.4, -0.2) is 23.1 Å². The Morgan fingerprint density at radius 3 is 2.69 bits per heavy atom. The minimum absolute atomic E-state index is 0.170. The number of rotatable bonds is 4. The zero-order valence-electron chi connectivity index (χ0n) is 17.7. The molecule has 0 spiro atoms. The molecule has 0 unspecified atom stereocenters. The largest absolute Gasteiger partial charge is 0.496 e. The van der Waals surface area contributed by atoms with Crippen LogP contribution in [0.5, 0.6) is 5.75 Å². The highest BCUT2D eigenvalue weighted by Gasteiger charge is 2.16. The van der Waals surface area contributed by atoms with E-state index in [0.717, 1.165) is 22.4 Å². The van der Waals surface area contributed by atoms with Crippen molar-refractivity contribution in [3.63, 3.8) is 0 Å². The minimum atomic E-state index is -0.354. The second-order valence-electron chi connectivity index (χ2n) is 7.22. The number of aryl methyl sites for hydroxylation is 2. The minimum Gasteiger partial charge on any atom is -0.496 e. The molecule has 0 atom stereocenters. The lowest BCUT2D eigenvalue weighted by Crippen LogP contribution is -2.34. The molecule has 0 aliphatic heterocycles. The molecule has 3 aromatic carbocycles. The Kier molecular flexibility index (Phi) is 6.12. The van der Waals surface area contributed by atoms with Gasteiger partial charge in [0.2, 0.25) is 5.89 Å². The third-order valence-corrected chi connectivity index (χ3v) is 5.41. The normalized spacial score (nSPS) is 10.8. The van der Waals surface area contributed by atoms with Gasteiger partial charge in [-0.2, -0.15) is 0 Å². The number of aromatic nitrogens is 1. The second-order valence-corrected chi connectivity index (χ2v) is 8.07. The molecule has 162 valence electrons. The van der Waals surface area contributed by atoms with Gasteiger partial charge in [0.15, 0.2) is 10.7 Å². The van der Waals surface area contributed by atoms with Gasteiger partial charge in [0.05, 0.1) is 12.7 Å². The SMILES string of the molecule is COc1c(C)cccc1C(=O)NC(=S)Nc1cc(-c2nc3cc(Cl)ccc3o2)ccc1C. The van der Waals surface area contributed by atoms with E-state index in [0.29, 0.717) is 33.3 Å². The predicted octanol–water partition coefficient (Wildman–Crippen LogP) is 5.90. The smallest absolute Gasteiger partial charge is 0.261 e. The summed E-state index contributed by atoms with van der Waals surface area (Å²) >= 11 is 11.4. The zero-order chi connectivity index (χ0) is 22.8. The Bertz CT molecular complexity index is 1350. The summed E-state index contributed by atoms with van der Waals surface area (Å²) in [7, 11) is 1.53. The molecule has 0 radical (unpaired) electrons. The van der Waals surface area contributed by atoms with Crippen LogP contribution in [0.4, 0.5) is 5.69 Å². The van der Waals surface area contributed by atoms with Crippen molar-refractivity contribution < 1.29 is 13.9 Å². The quantitative estimate of drug-likeness (QED) is 0.365. The van der Waals surface area contributed by atoms with E-state index in [1.54, 1.807) is 30.3 Å². The Balaban J connectivity index is 1.54. The summed E-state index contributed by atoms with van der Waals surface area (Å²) in [5.41, 5.74) is 5.03. The molecule has 0 bridgehead atoms. The van der Waals surface area contributed by atoms with Crippen LogP contribution in [-0.2, 0) is 0 Å². The van der Waals surface area contributed by atoms with E-state index < -0.39 is 0 Å². The highest BCUT2D eigenvalue weighted by Crippen LogP contribution is 2.29. The van der Waals surface area contributed by atoms with Gasteiger partial charge in [0, 0.05) is 16.3 Å². The maximum atomic E-state index is 12.7. The van der Waals surface area contributed by atoms with Gasteiger partial charge in [-0.3, -0.25) is 10.1 Å². The second kappa shape index (κ2) is 8.98. The monoisotopic (exact) mass is 465 g/mol. The Morgan fingerprint density at radius 2 is 1.91 bits per heavy atom. The number of para-hydroxylation sites is 1. The standard InChI is InChI=1S/C24H20ClN3O3S/c1-13-7-8-15(23-26-19-12-16(25)9-10-20(19)31-23)11-18(13)27-24(32)28-22(29)17-6-4-5-14(2)21(17)30-3/h4-12H,1-3H3,(H2,27,28,29,32). The molecule has 0 saturated carbocycles. The van der Waals surface area contributed by atoms with Crippen LogP contribution in [0.25, 0.3) is 22.6 Å². The number of methoxy groups -OCH3 is 1. The summed E-state index contributed by atoms with van der Waals surface area (Å²) in [5.74, 6) is 0.625. The maximum Gasteiger partial charge on any atom is 0.261 e. The number of benzene rings is 3. The van der Waals surface area contributed by atoms with Gasteiger partial charge in [0.25, 0.3) is 5.91 Å². The first kappa shape index (κ1) is 21.8. The molecule has 32 heavy (non-hydrogen) atoms. The predicted molar refractivity (Wildman–Crippen MR) is 131 cm³/mol. The third kappa shape index (κ3) is 4.44. The summed E-state index contributed by atoms with van der Waals surface area (Å²) in [6, 6.07) is 16.4. The van der Waals surface area contributed by atoms with Crippen molar-refractivity contribution in [1.29, 1.82) is 0 Å². The lowest BCUT2D eigenvalue weighted by Gasteiger charge is -2.14. The number of oxazole rings is 1. The highest BCUT2D eigenvalue weighted by molar-refractivity contribution is 7.80. The Hall–Kier alpha value is -3.42. The first-order valence-electron chi connectivity index (χ1n) is 9.79. The average molecular weight is 466 g/mol. The van der Waals surface area contributed by atoms with Crippen LogP contribution < -0.4 is 15.4 Å². The summed E-state index contributed by atoms with van der Waals surface area (Å²) < 4.78 is 11.2. The molecule has 6 nitrogen and oxygen atoms in total. The van der Waals surface area contributed by atoms with Gasteiger partial charge in [-0.25, -0.2) is 4.98 Å². The number of halogens is 1. The first-order chi connectivity index (χ1) is 15.4. The molecule has 2 N–H and O–H groups in total. The first-order valence-corrected chi connectivity index (χ1v) is 10.6. The number of ether oxygens (including phenoxy) is 1. The molecule has 0 aliphatic carbocycles. The van der Waals surface area contributed by atoms with Crippen LogP contribution in [0.1, 0.15) is 21.5 Å². The van der Waals surface area contributed by atoms with Gasteiger partial charge in [-0.15, -0.1) is 0 Å². The lowest BCUT2D eigenvalue weighted by molar-refractivity contribution is 0.0974. The number of nitrogens with one attached hydrogen (secondary N) is 2. The fourth-order valence-electron chi connectivity index (χ4n) is 3.34. The molecule has 4 rings (SSSR count). The molecule has 4 aromatic rings. The summed E-state index contributed by atoms with van der Waals surface area (Å²) in [4.78, 5) is 17.2. The van der Waals surface area contributed by atoms with Gasteiger partial charge < -0.3 is 14.5 Å². The van der Waals surface area contributed by atoms with Gasteiger partial charge in [-0.1, -0.05) is 29.8 Å². The van der Waals surface area contributed by atoms with Gasteiger partial charge in [0.1, 0.15) is 11.3 Å². The van der Waals surface area contributed by atoms with Gasteiger partial charge in [-0.05, 0) is 73.6 Å². The fraction of sp³-hybridized carbons (Fsp3) is 0.125. The molecule has 1 amide bonds. The molecule has 1 heterocycles. The highest BCUT2D eigenvalue weighted by atomic mass is 35.5. The van der Waals surface area contributed by atoms with Crippen molar-refractivity contribution >= 4 is 51.6 Å². The number of fused-ring (bicyclic) bond motifs is 1. The van der Waals surface area contributed by atoms with Crippen molar-refractivity contribution in [3.05, 3.63) is 76.3 Å². The van der Waals surface area contributed by atoms with Crippen LogP contribution >= 0.6 is 23.8 Å². The van der Waals surface area contributed by atoms with E-state index in [-0.39, 0.29) is 11.0 Å². The zero-order valence-corrected chi connectivity index (χ0v) is 19.2. The van der Waals surface area contributed by atoms with Crippen LogP contribution in [0.15, 0.2) is 59.0 Å². The van der Waals surface area contributed by atoms with E-state index in [4.69, 9.17) is 33.0 Å². The van der Waals surface area contributed by atoms with E-state index in [1.807, 2.05) is 38.1 Å². The molecule has 1 aromatic heterocycles. The average Bonchev–Trinajstić information content (AvgIpc) is 3.18. The van der Waals surface area contributed by atoms with Crippen LogP contribution in [0.3, 0.4) is 0 Å². The number of amides is 1. The maximum absolute atomic E-state index is 12.7. The van der Waals surface area contributed by atoms with E-state index in [9.17, 15) is 4.79 Å². The van der Waals surface area contributed by atoms with Crippen molar-refractivity contribution in [2.45, 2.75) is 13.8 Å². The molecule has 0 saturated heterocycles. The number of hydrogen-bond acceptors (Lipinski definition) is 5. The molecular weight excluding hydrogens is 446 g/mol. The lowest BCUT2D eigenvalue weighted by atomic mass is 10.1. The number of nitrogens with zero attached hydrogens (tertiary/aromatic N) is 1. The number of thiocarbonyl (C=S) groups is 1. The molecule has 8 heteroatoms. The van der Waals surface area contributed by atoms with E-state index >= 15 is 0 Å². The third-order valence-electron chi connectivity index (χ3n) is 4.97. The molecule has 0 aliphatic rings. The van der Waals surface area contributed by atoms with Crippen molar-refractivity contribution in [2.24, 2.45) is 0 Å². The molecular formula is C24H20ClN3O3S.